The van der Waals surface area contributed by atoms with Crippen molar-refractivity contribution in [2.75, 3.05) is 26.0 Å². The lowest BCUT2D eigenvalue weighted by atomic mass is 9.91. The van der Waals surface area contributed by atoms with Gasteiger partial charge in [0.15, 0.2) is 9.84 Å². The van der Waals surface area contributed by atoms with Gasteiger partial charge in [0.1, 0.15) is 5.75 Å². The molecule has 2 atom stereocenters. The van der Waals surface area contributed by atoms with Crippen molar-refractivity contribution in [3.8, 4) is 5.75 Å². The molecular formula is C17H25NO3S. The van der Waals surface area contributed by atoms with Crippen LogP contribution in [0.25, 0.3) is 0 Å². The van der Waals surface area contributed by atoms with Crippen LogP contribution < -0.4 is 10.1 Å². The number of hydrogen-bond donors (Lipinski definition) is 1. The van der Waals surface area contributed by atoms with E-state index < -0.39 is 9.84 Å². The third kappa shape index (κ3) is 4.02. The number of benzene rings is 1. The molecule has 0 spiro atoms. The van der Waals surface area contributed by atoms with Crippen LogP contribution in [0.2, 0.25) is 0 Å². The minimum atomic E-state index is -3.12. The third-order valence-electron chi connectivity index (χ3n) is 4.98. The molecule has 1 aromatic carbocycles. The van der Waals surface area contributed by atoms with E-state index in [2.05, 4.69) is 5.32 Å². The molecule has 5 heteroatoms. The largest absolute Gasteiger partial charge is 0.494 e. The first-order chi connectivity index (χ1) is 10.5. The van der Waals surface area contributed by atoms with Crippen LogP contribution >= 0.6 is 0 Å². The fourth-order valence-electron chi connectivity index (χ4n) is 3.56. The molecule has 1 N–H and O–H groups in total. The lowest BCUT2D eigenvalue weighted by Crippen LogP contribution is -2.29. The van der Waals surface area contributed by atoms with Crippen LogP contribution in [-0.2, 0) is 9.84 Å². The highest BCUT2D eigenvalue weighted by molar-refractivity contribution is 7.90. The van der Waals surface area contributed by atoms with E-state index in [-0.39, 0.29) is 0 Å². The second-order valence-corrected chi connectivity index (χ2v) is 8.64. The van der Waals surface area contributed by atoms with Gasteiger partial charge in [-0.2, -0.15) is 0 Å². The monoisotopic (exact) mass is 323 g/mol. The van der Waals surface area contributed by atoms with Crippen molar-refractivity contribution in [1.29, 1.82) is 0 Å². The molecule has 0 amide bonds. The number of ether oxygens (including phenoxy) is 1. The second-order valence-electron chi connectivity index (χ2n) is 6.63. The molecule has 0 radical (unpaired) electrons. The Bertz CT molecular complexity index is 591. The predicted octanol–water partition coefficient (Wildman–Crippen LogP) is 2.49. The Kier molecular flexibility index (Phi) is 4.73. The molecule has 0 bridgehead atoms. The van der Waals surface area contributed by atoms with Crippen molar-refractivity contribution in [1.82, 2.24) is 5.32 Å². The van der Waals surface area contributed by atoms with Crippen molar-refractivity contribution >= 4 is 9.84 Å². The van der Waals surface area contributed by atoms with Crippen molar-refractivity contribution in [2.24, 2.45) is 17.8 Å². The van der Waals surface area contributed by atoms with Crippen molar-refractivity contribution in [2.45, 2.75) is 30.6 Å². The maximum atomic E-state index is 11.4. The summed E-state index contributed by atoms with van der Waals surface area (Å²) in [6, 6.07) is 6.71. The smallest absolute Gasteiger partial charge is 0.175 e. The van der Waals surface area contributed by atoms with E-state index in [9.17, 15) is 8.42 Å². The van der Waals surface area contributed by atoms with Crippen molar-refractivity contribution in [3.63, 3.8) is 0 Å². The maximum absolute atomic E-state index is 11.4. The Morgan fingerprint density at radius 1 is 1.18 bits per heavy atom. The Morgan fingerprint density at radius 2 is 1.86 bits per heavy atom. The van der Waals surface area contributed by atoms with Crippen LogP contribution in [0.3, 0.4) is 0 Å². The first-order valence-corrected chi connectivity index (χ1v) is 10.1. The summed E-state index contributed by atoms with van der Waals surface area (Å²) in [6.45, 7) is 3.08. The lowest BCUT2D eigenvalue weighted by molar-refractivity contribution is 0.279. The van der Waals surface area contributed by atoms with E-state index >= 15 is 0 Å². The van der Waals surface area contributed by atoms with Crippen LogP contribution in [0, 0.1) is 17.8 Å². The van der Waals surface area contributed by atoms with Gasteiger partial charge in [-0.15, -0.1) is 0 Å². The van der Waals surface area contributed by atoms with Crippen molar-refractivity contribution in [3.05, 3.63) is 24.3 Å². The van der Waals surface area contributed by atoms with Crippen LogP contribution in [-0.4, -0.2) is 34.4 Å². The van der Waals surface area contributed by atoms with Gasteiger partial charge in [-0.3, -0.25) is 0 Å². The first-order valence-electron chi connectivity index (χ1n) is 8.17. The van der Waals surface area contributed by atoms with E-state index in [0.717, 1.165) is 36.5 Å². The molecule has 0 unspecified atom stereocenters. The molecule has 1 aliphatic heterocycles. The molecular weight excluding hydrogens is 298 g/mol. The summed E-state index contributed by atoms with van der Waals surface area (Å²) < 4.78 is 28.5. The summed E-state index contributed by atoms with van der Waals surface area (Å²) in [6.07, 6.45) is 6.35. The molecule has 1 saturated heterocycles. The molecule has 1 heterocycles. The fourth-order valence-corrected chi connectivity index (χ4v) is 4.19. The molecule has 2 aliphatic rings. The van der Waals surface area contributed by atoms with E-state index in [1.165, 1.54) is 38.6 Å². The second kappa shape index (κ2) is 6.59. The van der Waals surface area contributed by atoms with Gasteiger partial charge in [0, 0.05) is 6.26 Å². The number of sulfone groups is 1. The number of piperidine rings is 1. The molecule has 4 nitrogen and oxygen atoms in total. The van der Waals surface area contributed by atoms with Gasteiger partial charge < -0.3 is 10.1 Å². The van der Waals surface area contributed by atoms with Gasteiger partial charge in [0.05, 0.1) is 11.5 Å². The average molecular weight is 323 g/mol. The highest BCUT2D eigenvalue weighted by Crippen LogP contribution is 2.49. The highest BCUT2D eigenvalue weighted by Gasteiger charge is 2.42. The molecule has 22 heavy (non-hydrogen) atoms. The average Bonchev–Trinajstić information content (AvgIpc) is 3.27. The van der Waals surface area contributed by atoms with Crippen molar-refractivity contribution < 1.29 is 13.2 Å². The summed E-state index contributed by atoms with van der Waals surface area (Å²) >= 11 is 0. The Hall–Kier alpha value is -1.07. The van der Waals surface area contributed by atoms with E-state index in [0.29, 0.717) is 4.90 Å². The Balaban J connectivity index is 1.40. The number of rotatable bonds is 6. The summed E-state index contributed by atoms with van der Waals surface area (Å²) in [4.78, 5) is 0.341. The van der Waals surface area contributed by atoms with Gasteiger partial charge >= 0.3 is 0 Å². The molecule has 1 saturated carbocycles. The summed E-state index contributed by atoms with van der Waals surface area (Å²) in [5, 5.41) is 3.42. The lowest BCUT2D eigenvalue weighted by Gasteiger charge is -2.22. The van der Waals surface area contributed by atoms with Crippen LogP contribution in [0.1, 0.15) is 25.7 Å². The summed E-state index contributed by atoms with van der Waals surface area (Å²) in [5.41, 5.74) is 0. The summed E-state index contributed by atoms with van der Waals surface area (Å²) in [5.74, 6) is 3.42. The van der Waals surface area contributed by atoms with Crippen LogP contribution in [0.15, 0.2) is 29.2 Å². The molecule has 1 aliphatic carbocycles. The number of nitrogens with one attached hydrogen (secondary N) is 1. The zero-order valence-electron chi connectivity index (χ0n) is 13.1. The molecule has 0 aromatic heterocycles. The topological polar surface area (TPSA) is 55.4 Å². The van der Waals surface area contributed by atoms with E-state index in [1.54, 1.807) is 24.3 Å². The standard InChI is InChI=1S/C17H25NO3S/c1-22(19,20)16-4-2-15(3-5-16)21-11-8-14-12-17(14)13-6-9-18-10-7-13/h2-5,13-14,17-18H,6-12H2,1H3/t14-,17-/m0/s1. The normalized spacial score (nSPS) is 25.9. The van der Waals surface area contributed by atoms with Crippen LogP contribution in [0.4, 0.5) is 0 Å². The fraction of sp³-hybridized carbons (Fsp3) is 0.647. The Morgan fingerprint density at radius 3 is 2.50 bits per heavy atom. The molecule has 122 valence electrons. The van der Waals surface area contributed by atoms with Gasteiger partial charge in [0.2, 0.25) is 0 Å². The molecule has 2 fully saturated rings. The highest BCUT2D eigenvalue weighted by atomic mass is 32.2. The van der Waals surface area contributed by atoms with Gasteiger partial charge in [0.25, 0.3) is 0 Å². The quantitative estimate of drug-likeness (QED) is 0.874. The minimum Gasteiger partial charge on any atom is -0.494 e. The SMILES string of the molecule is CS(=O)(=O)c1ccc(OCC[C@H]2C[C@H]2C2CCNCC2)cc1. The Labute approximate surface area is 133 Å². The zero-order valence-corrected chi connectivity index (χ0v) is 13.9. The zero-order chi connectivity index (χ0) is 15.6. The van der Waals surface area contributed by atoms with Crippen LogP contribution in [0.5, 0.6) is 5.75 Å². The van der Waals surface area contributed by atoms with Gasteiger partial charge in [-0.25, -0.2) is 8.42 Å². The van der Waals surface area contributed by atoms with E-state index in [1.807, 2.05) is 0 Å². The third-order valence-corrected chi connectivity index (χ3v) is 6.10. The minimum absolute atomic E-state index is 0.341. The summed E-state index contributed by atoms with van der Waals surface area (Å²) in [7, 11) is -3.12. The maximum Gasteiger partial charge on any atom is 0.175 e. The molecule has 1 aromatic rings. The predicted molar refractivity (Wildman–Crippen MR) is 86.9 cm³/mol. The van der Waals surface area contributed by atoms with E-state index in [4.69, 9.17) is 4.74 Å². The van der Waals surface area contributed by atoms with Gasteiger partial charge in [-0.05, 0) is 80.8 Å². The van der Waals surface area contributed by atoms with Gasteiger partial charge in [-0.1, -0.05) is 0 Å². The number of hydrogen-bond acceptors (Lipinski definition) is 4. The molecule has 3 rings (SSSR count). The first kappa shape index (κ1) is 15.8.